The van der Waals surface area contributed by atoms with Crippen LogP contribution in [0.15, 0.2) is 65.6 Å². The fourth-order valence-electron chi connectivity index (χ4n) is 2.08. The van der Waals surface area contributed by atoms with Gasteiger partial charge >= 0.3 is 5.97 Å². The van der Waals surface area contributed by atoms with Gasteiger partial charge in [-0.1, -0.05) is 18.2 Å². The van der Waals surface area contributed by atoms with Gasteiger partial charge in [-0.15, -0.1) is 11.8 Å². The van der Waals surface area contributed by atoms with Crippen molar-refractivity contribution in [1.82, 2.24) is 0 Å². The summed E-state index contributed by atoms with van der Waals surface area (Å²) < 4.78 is 5.19. The van der Waals surface area contributed by atoms with E-state index in [0.29, 0.717) is 17.1 Å². The first-order valence-electron chi connectivity index (χ1n) is 7.85. The zero-order valence-electron chi connectivity index (χ0n) is 14.5. The fraction of sp³-hybridized carbons (Fsp3) is 0.105. The molecule has 8 heteroatoms. The van der Waals surface area contributed by atoms with Crippen LogP contribution in [0, 0.1) is 0 Å². The second kappa shape index (κ2) is 10.0. The number of ether oxygens (including phenoxy) is 1. The van der Waals surface area contributed by atoms with Crippen molar-refractivity contribution in [1.29, 1.82) is 0 Å². The fourth-order valence-corrected chi connectivity index (χ4v) is 2.83. The Bertz CT molecular complexity index is 867. The largest absolute Gasteiger partial charge is 0.495 e. The molecular formula is C19H18N2O5S. The van der Waals surface area contributed by atoms with Gasteiger partial charge in [0.25, 0.3) is 0 Å². The maximum Gasteiger partial charge on any atom is 0.328 e. The first kappa shape index (κ1) is 20.1. The van der Waals surface area contributed by atoms with Crippen molar-refractivity contribution in [2.45, 2.75) is 4.90 Å². The predicted molar refractivity (Wildman–Crippen MR) is 104 cm³/mol. The molecular weight excluding hydrogens is 368 g/mol. The number of carboxylic acids is 1. The molecule has 27 heavy (non-hydrogen) atoms. The summed E-state index contributed by atoms with van der Waals surface area (Å²) in [6, 6.07) is 14.0. The van der Waals surface area contributed by atoms with Crippen LogP contribution < -0.4 is 15.4 Å². The first-order valence-corrected chi connectivity index (χ1v) is 8.84. The number of benzene rings is 2. The maximum absolute atomic E-state index is 12.1. The summed E-state index contributed by atoms with van der Waals surface area (Å²) in [5.74, 6) is -1.18. The molecule has 2 amide bonds. The molecule has 0 aromatic heterocycles. The van der Waals surface area contributed by atoms with Crippen molar-refractivity contribution in [3.05, 3.63) is 60.7 Å². The van der Waals surface area contributed by atoms with E-state index in [4.69, 9.17) is 9.84 Å². The molecule has 2 rings (SSSR count). The third kappa shape index (κ3) is 6.87. The molecule has 0 saturated heterocycles. The van der Waals surface area contributed by atoms with Gasteiger partial charge < -0.3 is 20.5 Å². The number of rotatable bonds is 8. The molecule has 0 heterocycles. The van der Waals surface area contributed by atoms with Gasteiger partial charge in [-0.05, 0) is 30.3 Å². The highest BCUT2D eigenvalue weighted by Crippen LogP contribution is 2.25. The van der Waals surface area contributed by atoms with Gasteiger partial charge in [0.1, 0.15) is 5.75 Å². The minimum Gasteiger partial charge on any atom is -0.495 e. The number of carboxylic acid groups (broad SMARTS) is 1. The third-order valence-corrected chi connectivity index (χ3v) is 4.22. The monoisotopic (exact) mass is 386 g/mol. The summed E-state index contributed by atoms with van der Waals surface area (Å²) in [4.78, 5) is 35.0. The van der Waals surface area contributed by atoms with E-state index in [0.717, 1.165) is 17.0 Å². The average Bonchev–Trinajstić information content (AvgIpc) is 2.65. The van der Waals surface area contributed by atoms with Crippen LogP contribution in [-0.2, 0) is 14.4 Å². The number of aliphatic carboxylic acids is 1. The summed E-state index contributed by atoms with van der Waals surface area (Å²) in [5.41, 5.74) is 1.10. The lowest BCUT2D eigenvalue weighted by atomic mass is 10.3. The average molecular weight is 386 g/mol. The van der Waals surface area contributed by atoms with E-state index in [9.17, 15) is 14.4 Å². The molecule has 0 aliphatic rings. The molecule has 0 saturated carbocycles. The molecule has 0 radical (unpaired) electrons. The van der Waals surface area contributed by atoms with Crippen molar-refractivity contribution < 1.29 is 24.2 Å². The van der Waals surface area contributed by atoms with Gasteiger partial charge in [0.2, 0.25) is 11.8 Å². The van der Waals surface area contributed by atoms with Gasteiger partial charge in [0, 0.05) is 22.7 Å². The Hall–Kier alpha value is -3.26. The number of carbonyl (C=O) groups excluding carboxylic acids is 2. The maximum atomic E-state index is 12.1. The number of hydrogen-bond acceptors (Lipinski definition) is 5. The minimum atomic E-state index is -1.20. The Balaban J connectivity index is 1.91. The summed E-state index contributed by atoms with van der Waals surface area (Å²) >= 11 is 1.30. The Morgan fingerprint density at radius 1 is 1.07 bits per heavy atom. The van der Waals surface area contributed by atoms with Crippen LogP contribution in [-0.4, -0.2) is 35.8 Å². The molecule has 0 bridgehead atoms. The van der Waals surface area contributed by atoms with Crippen molar-refractivity contribution in [2.24, 2.45) is 0 Å². The normalized spacial score (nSPS) is 10.4. The van der Waals surface area contributed by atoms with Crippen molar-refractivity contribution >= 4 is 40.9 Å². The van der Waals surface area contributed by atoms with Gasteiger partial charge in [0.15, 0.2) is 0 Å². The number of carbonyl (C=O) groups is 3. The highest BCUT2D eigenvalue weighted by atomic mass is 32.2. The lowest BCUT2D eigenvalue weighted by Gasteiger charge is -2.10. The summed E-state index contributed by atoms with van der Waals surface area (Å²) in [7, 11) is 1.53. The smallest absolute Gasteiger partial charge is 0.328 e. The molecule has 0 fully saturated rings. The van der Waals surface area contributed by atoms with Gasteiger partial charge in [0.05, 0.1) is 18.6 Å². The molecule has 2 aromatic rings. The highest BCUT2D eigenvalue weighted by molar-refractivity contribution is 8.00. The number of amides is 2. The number of para-hydroxylation sites is 2. The number of methoxy groups -OCH3 is 1. The van der Waals surface area contributed by atoms with E-state index in [-0.39, 0.29) is 11.7 Å². The molecule has 0 atom stereocenters. The Morgan fingerprint density at radius 3 is 2.59 bits per heavy atom. The molecule has 7 nitrogen and oxygen atoms in total. The Kier molecular flexibility index (Phi) is 7.45. The summed E-state index contributed by atoms with van der Waals surface area (Å²) in [6.45, 7) is 0. The van der Waals surface area contributed by atoms with Gasteiger partial charge in [-0.2, -0.15) is 0 Å². The Morgan fingerprint density at radius 2 is 1.85 bits per heavy atom. The van der Waals surface area contributed by atoms with Gasteiger partial charge in [-0.3, -0.25) is 9.59 Å². The third-order valence-electron chi connectivity index (χ3n) is 3.23. The number of hydrogen-bond donors (Lipinski definition) is 3. The molecule has 2 aromatic carbocycles. The lowest BCUT2D eigenvalue weighted by molar-refractivity contribution is -0.131. The van der Waals surface area contributed by atoms with E-state index in [1.165, 1.54) is 18.9 Å². The lowest BCUT2D eigenvalue weighted by Crippen LogP contribution is -2.14. The predicted octanol–water partition coefficient (Wildman–Crippen LogP) is 3.01. The molecule has 0 spiro atoms. The van der Waals surface area contributed by atoms with Crippen LogP contribution in [0.1, 0.15) is 0 Å². The van der Waals surface area contributed by atoms with Crippen molar-refractivity contribution in [3.8, 4) is 5.75 Å². The van der Waals surface area contributed by atoms with Crippen molar-refractivity contribution in [3.63, 3.8) is 0 Å². The zero-order chi connectivity index (χ0) is 19.6. The molecule has 3 N–H and O–H groups in total. The van der Waals surface area contributed by atoms with Crippen molar-refractivity contribution in [2.75, 3.05) is 23.5 Å². The standard InChI is InChI=1S/C19H18N2O5S/c1-26-16-8-3-2-7-15(16)21-18(23)12-27-14-6-4-5-13(11-14)20-17(22)9-10-19(24)25/h2-11H,12H2,1H3,(H,20,22)(H,21,23)(H,24,25)/b10-9+. The SMILES string of the molecule is COc1ccccc1NC(=O)CSc1cccc(NC(=O)/C=C/C(=O)O)c1. The first-order chi connectivity index (χ1) is 13.0. The topological polar surface area (TPSA) is 105 Å². The van der Waals surface area contributed by atoms with E-state index >= 15 is 0 Å². The second-order valence-corrected chi connectivity index (χ2v) is 6.27. The minimum absolute atomic E-state index is 0.175. The van der Waals surface area contributed by atoms with Crippen LogP contribution in [0.3, 0.4) is 0 Å². The number of anilines is 2. The molecule has 140 valence electrons. The van der Waals surface area contributed by atoms with E-state index in [2.05, 4.69) is 10.6 Å². The van der Waals surface area contributed by atoms with Crippen LogP contribution >= 0.6 is 11.8 Å². The molecule has 0 aliphatic heterocycles. The van der Waals surface area contributed by atoms with E-state index in [1.54, 1.807) is 36.4 Å². The van der Waals surface area contributed by atoms with Gasteiger partial charge in [-0.25, -0.2) is 4.79 Å². The summed E-state index contributed by atoms with van der Waals surface area (Å²) in [6.07, 6.45) is 1.69. The molecule has 0 aliphatic carbocycles. The van der Waals surface area contributed by atoms with Crippen LogP contribution in [0.25, 0.3) is 0 Å². The Labute approximate surface area is 160 Å². The molecule has 0 unspecified atom stereocenters. The number of nitrogens with one attached hydrogen (secondary N) is 2. The zero-order valence-corrected chi connectivity index (χ0v) is 15.3. The summed E-state index contributed by atoms with van der Waals surface area (Å²) in [5, 5.41) is 13.9. The highest BCUT2D eigenvalue weighted by Gasteiger charge is 2.08. The van der Waals surface area contributed by atoms with E-state index in [1.807, 2.05) is 12.1 Å². The van der Waals surface area contributed by atoms with E-state index < -0.39 is 11.9 Å². The second-order valence-electron chi connectivity index (χ2n) is 5.23. The number of thioether (sulfide) groups is 1. The van der Waals surface area contributed by atoms with Crippen LogP contribution in [0.5, 0.6) is 5.75 Å². The van der Waals surface area contributed by atoms with Crippen LogP contribution in [0.2, 0.25) is 0 Å². The quantitative estimate of drug-likeness (QED) is 0.476. The van der Waals surface area contributed by atoms with Crippen LogP contribution in [0.4, 0.5) is 11.4 Å².